The van der Waals surface area contributed by atoms with Crippen LogP contribution in [0, 0.1) is 13.8 Å². The molecule has 0 radical (unpaired) electrons. The van der Waals surface area contributed by atoms with Crippen molar-refractivity contribution in [1.82, 2.24) is 10.2 Å². The molecule has 41 heavy (non-hydrogen) atoms. The number of rotatable bonds is 11. The molecule has 0 aliphatic carbocycles. The maximum absolute atomic E-state index is 14.3. The number of sulfonamides is 1. The minimum absolute atomic E-state index is 0.0758. The van der Waals surface area contributed by atoms with Gasteiger partial charge in [-0.25, -0.2) is 8.42 Å². The quantitative estimate of drug-likeness (QED) is 0.279. The normalized spacial score (nSPS) is 11.9. The zero-order chi connectivity index (χ0) is 29.4. The van der Waals surface area contributed by atoms with Crippen LogP contribution >= 0.6 is 0 Å². The second kappa shape index (κ2) is 13.3. The van der Waals surface area contributed by atoms with E-state index in [1.807, 2.05) is 74.5 Å². The molecule has 4 aromatic rings. The zero-order valence-corrected chi connectivity index (χ0v) is 24.3. The number of carbonyl (C=O) groups is 2. The second-order valence-corrected chi connectivity index (χ2v) is 11.8. The number of carbonyl (C=O) groups excluding carboxylic acids is 2. The summed E-state index contributed by atoms with van der Waals surface area (Å²) in [7, 11) is -2.57. The van der Waals surface area contributed by atoms with Gasteiger partial charge in [0, 0.05) is 20.0 Å². The van der Waals surface area contributed by atoms with E-state index < -0.39 is 28.5 Å². The smallest absolute Gasteiger partial charge is 0.264 e. The van der Waals surface area contributed by atoms with Crippen molar-refractivity contribution >= 4 is 27.5 Å². The van der Waals surface area contributed by atoms with E-state index in [1.54, 1.807) is 36.4 Å². The van der Waals surface area contributed by atoms with Crippen LogP contribution in [0.5, 0.6) is 0 Å². The highest BCUT2D eigenvalue weighted by molar-refractivity contribution is 7.92. The highest BCUT2D eigenvalue weighted by Gasteiger charge is 2.34. The van der Waals surface area contributed by atoms with Crippen molar-refractivity contribution in [3.05, 3.63) is 131 Å². The van der Waals surface area contributed by atoms with Crippen LogP contribution in [0.25, 0.3) is 0 Å². The van der Waals surface area contributed by atoms with Gasteiger partial charge in [0.2, 0.25) is 11.8 Å². The number of amides is 2. The molecule has 0 bridgehead atoms. The molecule has 0 spiro atoms. The molecule has 1 unspecified atom stereocenters. The van der Waals surface area contributed by atoms with Crippen LogP contribution in [0.3, 0.4) is 0 Å². The molecule has 0 heterocycles. The minimum atomic E-state index is -4.11. The van der Waals surface area contributed by atoms with E-state index in [-0.39, 0.29) is 23.8 Å². The maximum Gasteiger partial charge on any atom is 0.264 e. The highest BCUT2D eigenvalue weighted by Crippen LogP contribution is 2.26. The lowest BCUT2D eigenvalue weighted by Crippen LogP contribution is -2.53. The van der Waals surface area contributed by atoms with Crippen LogP contribution in [-0.4, -0.2) is 44.8 Å². The van der Waals surface area contributed by atoms with E-state index in [0.717, 1.165) is 26.6 Å². The summed E-state index contributed by atoms with van der Waals surface area (Å²) in [6, 6.07) is 31.4. The van der Waals surface area contributed by atoms with Crippen LogP contribution in [0.15, 0.2) is 114 Å². The summed E-state index contributed by atoms with van der Waals surface area (Å²) in [5.41, 5.74) is 3.95. The van der Waals surface area contributed by atoms with E-state index in [0.29, 0.717) is 5.69 Å². The van der Waals surface area contributed by atoms with Crippen molar-refractivity contribution in [3.63, 3.8) is 0 Å². The van der Waals surface area contributed by atoms with Gasteiger partial charge in [0.05, 0.1) is 10.6 Å². The third kappa shape index (κ3) is 7.21. The first kappa shape index (κ1) is 29.6. The molecule has 0 saturated carbocycles. The standard InChI is InChI=1S/C33H35N3O4S/c1-25-13-12-18-29(21-25)36(41(39,40)30-19-8-5-9-20-30)24-32(37)35(23-28-17-11-10-14-26(28)2)31(33(38)34-3)22-27-15-6-4-7-16-27/h4-21,31H,22-24H2,1-3H3,(H,34,38). The SMILES string of the molecule is CNC(=O)C(Cc1ccccc1)N(Cc1ccccc1C)C(=O)CN(c1cccc(C)c1)S(=O)(=O)c1ccccc1. The van der Waals surface area contributed by atoms with Gasteiger partial charge in [0.15, 0.2) is 0 Å². The molecule has 0 fully saturated rings. The summed E-state index contributed by atoms with van der Waals surface area (Å²) in [4.78, 5) is 29.2. The number of anilines is 1. The first-order chi connectivity index (χ1) is 19.7. The lowest BCUT2D eigenvalue weighted by molar-refractivity contribution is -0.139. The molecule has 1 N–H and O–H groups in total. The Hall–Kier alpha value is -4.43. The molecule has 1 atom stereocenters. The Labute approximate surface area is 242 Å². The summed E-state index contributed by atoms with van der Waals surface area (Å²) in [6.45, 7) is 3.48. The Morgan fingerprint density at radius 3 is 2.07 bits per heavy atom. The number of hydrogen-bond donors (Lipinski definition) is 1. The number of nitrogens with zero attached hydrogens (tertiary/aromatic N) is 2. The molecule has 8 heteroatoms. The van der Waals surface area contributed by atoms with E-state index in [1.165, 1.54) is 24.1 Å². The van der Waals surface area contributed by atoms with Crippen molar-refractivity contribution in [2.75, 3.05) is 17.9 Å². The lowest BCUT2D eigenvalue weighted by atomic mass is 10.0. The molecular formula is C33H35N3O4S. The van der Waals surface area contributed by atoms with Crippen molar-refractivity contribution in [2.24, 2.45) is 0 Å². The van der Waals surface area contributed by atoms with Gasteiger partial charge >= 0.3 is 0 Å². The fourth-order valence-electron chi connectivity index (χ4n) is 4.72. The van der Waals surface area contributed by atoms with E-state index in [4.69, 9.17) is 0 Å². The summed E-state index contributed by atoms with van der Waals surface area (Å²) >= 11 is 0. The van der Waals surface area contributed by atoms with Crippen LogP contribution in [0.2, 0.25) is 0 Å². The number of hydrogen-bond acceptors (Lipinski definition) is 4. The Kier molecular flexibility index (Phi) is 9.57. The summed E-state index contributed by atoms with van der Waals surface area (Å²) < 4.78 is 29.0. The molecule has 0 saturated heterocycles. The topological polar surface area (TPSA) is 86.8 Å². The Balaban J connectivity index is 1.79. The minimum Gasteiger partial charge on any atom is -0.357 e. The van der Waals surface area contributed by atoms with E-state index in [2.05, 4.69) is 5.32 Å². The number of likely N-dealkylation sites (N-methyl/N-ethyl adjacent to an activating group) is 1. The van der Waals surface area contributed by atoms with Gasteiger partial charge < -0.3 is 10.2 Å². The first-order valence-electron chi connectivity index (χ1n) is 13.4. The number of aryl methyl sites for hydroxylation is 2. The Morgan fingerprint density at radius 1 is 0.805 bits per heavy atom. The average Bonchev–Trinajstić information content (AvgIpc) is 2.99. The van der Waals surface area contributed by atoms with Crippen LogP contribution < -0.4 is 9.62 Å². The van der Waals surface area contributed by atoms with Crippen LogP contribution in [-0.2, 0) is 32.6 Å². The first-order valence-corrected chi connectivity index (χ1v) is 14.9. The van der Waals surface area contributed by atoms with Crippen molar-refractivity contribution < 1.29 is 18.0 Å². The van der Waals surface area contributed by atoms with Crippen molar-refractivity contribution in [2.45, 2.75) is 37.8 Å². The van der Waals surface area contributed by atoms with Gasteiger partial charge in [-0.2, -0.15) is 0 Å². The highest BCUT2D eigenvalue weighted by atomic mass is 32.2. The summed E-state index contributed by atoms with van der Waals surface area (Å²) in [6.07, 6.45) is 0.272. The van der Waals surface area contributed by atoms with Crippen molar-refractivity contribution in [3.8, 4) is 0 Å². The molecule has 2 amide bonds. The van der Waals surface area contributed by atoms with Crippen LogP contribution in [0.1, 0.15) is 22.3 Å². The third-order valence-corrected chi connectivity index (χ3v) is 8.81. The molecule has 0 aliphatic heterocycles. The largest absolute Gasteiger partial charge is 0.357 e. The predicted octanol–water partition coefficient (Wildman–Crippen LogP) is 4.88. The van der Waals surface area contributed by atoms with E-state index in [9.17, 15) is 18.0 Å². The lowest BCUT2D eigenvalue weighted by Gasteiger charge is -2.34. The Bertz CT molecular complexity index is 1590. The molecule has 0 aliphatic rings. The fourth-order valence-corrected chi connectivity index (χ4v) is 6.15. The average molecular weight is 570 g/mol. The van der Waals surface area contributed by atoms with Gasteiger partial charge in [0.1, 0.15) is 12.6 Å². The Morgan fingerprint density at radius 2 is 1.44 bits per heavy atom. The zero-order valence-electron chi connectivity index (χ0n) is 23.5. The van der Waals surface area contributed by atoms with Crippen LogP contribution in [0.4, 0.5) is 5.69 Å². The molecule has 0 aromatic heterocycles. The van der Waals surface area contributed by atoms with Gasteiger partial charge in [-0.05, 0) is 60.4 Å². The molecular weight excluding hydrogens is 534 g/mol. The maximum atomic E-state index is 14.3. The monoisotopic (exact) mass is 569 g/mol. The van der Waals surface area contributed by atoms with Gasteiger partial charge in [-0.1, -0.05) is 84.9 Å². The van der Waals surface area contributed by atoms with Gasteiger partial charge in [-0.3, -0.25) is 13.9 Å². The molecule has 4 aromatic carbocycles. The third-order valence-electron chi connectivity index (χ3n) is 7.02. The predicted molar refractivity (Wildman–Crippen MR) is 162 cm³/mol. The number of benzene rings is 4. The number of nitrogens with one attached hydrogen (secondary N) is 1. The fraction of sp³-hybridized carbons (Fsp3) is 0.212. The van der Waals surface area contributed by atoms with Gasteiger partial charge in [-0.15, -0.1) is 0 Å². The molecule has 212 valence electrons. The summed E-state index contributed by atoms with van der Waals surface area (Å²) in [5.74, 6) is -0.817. The van der Waals surface area contributed by atoms with E-state index >= 15 is 0 Å². The second-order valence-electron chi connectivity index (χ2n) is 9.93. The molecule has 4 rings (SSSR count). The summed E-state index contributed by atoms with van der Waals surface area (Å²) in [5, 5.41) is 2.70. The van der Waals surface area contributed by atoms with Gasteiger partial charge in [0.25, 0.3) is 10.0 Å². The van der Waals surface area contributed by atoms with Crippen molar-refractivity contribution in [1.29, 1.82) is 0 Å². The molecule has 7 nitrogen and oxygen atoms in total.